The summed E-state index contributed by atoms with van der Waals surface area (Å²) in [5, 5.41) is 10.9. The van der Waals surface area contributed by atoms with Crippen LogP contribution in [0.1, 0.15) is 49.0 Å². The normalized spacial score (nSPS) is 26.5. The number of ether oxygens (including phenoxy) is 3. The van der Waals surface area contributed by atoms with Crippen molar-refractivity contribution in [2.24, 2.45) is 11.8 Å². The fourth-order valence-corrected chi connectivity index (χ4v) is 3.84. The van der Waals surface area contributed by atoms with Crippen LogP contribution in [0.2, 0.25) is 0 Å². The van der Waals surface area contributed by atoms with E-state index in [1.54, 1.807) is 13.8 Å². The third kappa shape index (κ3) is 4.64. The molecule has 1 aromatic carbocycles. The number of ketones is 1. The van der Waals surface area contributed by atoms with Gasteiger partial charge in [0.1, 0.15) is 5.92 Å². The Bertz CT molecular complexity index is 780. The van der Waals surface area contributed by atoms with Crippen LogP contribution in [0.4, 0.5) is 0 Å². The Morgan fingerprint density at radius 2 is 1.62 bits per heavy atom. The molecule has 29 heavy (non-hydrogen) atoms. The molecule has 1 aromatic rings. The number of Topliss-reactive ketones (excluding diaryl/α,β-unsaturated/α-hetero) is 1. The van der Waals surface area contributed by atoms with Gasteiger partial charge in [-0.25, -0.2) is 4.79 Å². The van der Waals surface area contributed by atoms with Crippen molar-refractivity contribution in [3.05, 3.63) is 35.4 Å². The number of carbonyl (C=O) groups excluding carboxylic acids is 4. The van der Waals surface area contributed by atoms with E-state index in [0.29, 0.717) is 5.56 Å². The number of hydrogen-bond acceptors (Lipinski definition) is 8. The van der Waals surface area contributed by atoms with Crippen molar-refractivity contribution < 1.29 is 38.5 Å². The molecule has 158 valence electrons. The van der Waals surface area contributed by atoms with E-state index in [1.165, 1.54) is 38.3 Å². The van der Waals surface area contributed by atoms with Crippen molar-refractivity contribution in [3.8, 4) is 0 Å². The molecule has 1 fully saturated rings. The lowest BCUT2D eigenvalue weighted by Gasteiger charge is -2.43. The zero-order valence-electron chi connectivity index (χ0n) is 17.0. The zero-order chi connectivity index (χ0) is 21.8. The molecule has 1 aliphatic carbocycles. The molecule has 0 radical (unpaired) electrons. The van der Waals surface area contributed by atoms with Gasteiger partial charge in [0.25, 0.3) is 0 Å². The topological polar surface area (TPSA) is 116 Å². The second-order valence-electron chi connectivity index (χ2n) is 7.10. The zero-order valence-corrected chi connectivity index (χ0v) is 17.0. The summed E-state index contributed by atoms with van der Waals surface area (Å²) in [6.07, 6.45) is -0.378. The highest BCUT2D eigenvalue weighted by molar-refractivity contribution is 6.02. The summed E-state index contributed by atoms with van der Waals surface area (Å²) in [5.41, 5.74) is -1.01. The highest BCUT2D eigenvalue weighted by Gasteiger charge is 2.57. The van der Waals surface area contributed by atoms with Crippen molar-refractivity contribution in [2.75, 3.05) is 20.3 Å². The average Bonchev–Trinajstić information content (AvgIpc) is 2.66. The molecule has 8 nitrogen and oxygen atoms in total. The molecule has 0 saturated heterocycles. The summed E-state index contributed by atoms with van der Waals surface area (Å²) in [7, 11) is 1.25. The number of esters is 3. The van der Waals surface area contributed by atoms with Crippen LogP contribution in [0.15, 0.2) is 24.3 Å². The lowest BCUT2D eigenvalue weighted by molar-refractivity contribution is -0.172. The van der Waals surface area contributed by atoms with Gasteiger partial charge in [0.15, 0.2) is 5.78 Å². The standard InChI is InChI=1S/C21H26O8/c1-5-28-19(24)16-14(22)11-21(3,26)17(20(25)29-6-2)15(16)12-7-9-13(10-8-12)18(23)27-4/h7-10,15-17,26H,5-6,11H2,1-4H3/t15-,16-,17+,21-/m0/s1. The third-order valence-corrected chi connectivity index (χ3v) is 5.06. The van der Waals surface area contributed by atoms with E-state index in [9.17, 15) is 24.3 Å². The second-order valence-corrected chi connectivity index (χ2v) is 7.10. The number of rotatable bonds is 6. The molecule has 0 heterocycles. The maximum Gasteiger partial charge on any atom is 0.337 e. The van der Waals surface area contributed by atoms with Crippen molar-refractivity contribution in [2.45, 2.75) is 38.7 Å². The summed E-state index contributed by atoms with van der Waals surface area (Å²) in [6, 6.07) is 6.01. The summed E-state index contributed by atoms with van der Waals surface area (Å²) in [6.45, 7) is 4.77. The van der Waals surface area contributed by atoms with E-state index in [0.717, 1.165) is 0 Å². The number of aliphatic hydroxyl groups is 1. The van der Waals surface area contributed by atoms with Crippen LogP contribution in [0.3, 0.4) is 0 Å². The minimum atomic E-state index is -1.71. The van der Waals surface area contributed by atoms with E-state index in [-0.39, 0.29) is 25.2 Å². The molecular formula is C21H26O8. The summed E-state index contributed by atoms with van der Waals surface area (Å²) in [4.78, 5) is 49.8. The Hall–Kier alpha value is -2.74. The first kappa shape index (κ1) is 22.5. The first-order valence-electron chi connectivity index (χ1n) is 9.44. The maximum absolute atomic E-state index is 12.8. The molecule has 1 N–H and O–H groups in total. The Kier molecular flexibility index (Phi) is 7.13. The molecule has 1 aliphatic rings. The molecule has 0 aliphatic heterocycles. The predicted octanol–water partition coefficient (Wildman–Crippen LogP) is 1.64. The summed E-state index contributed by atoms with van der Waals surface area (Å²) >= 11 is 0. The molecule has 1 saturated carbocycles. The van der Waals surface area contributed by atoms with E-state index in [4.69, 9.17) is 9.47 Å². The van der Waals surface area contributed by atoms with E-state index in [2.05, 4.69) is 4.74 Å². The number of carbonyl (C=O) groups is 4. The molecule has 2 rings (SSSR count). The van der Waals surface area contributed by atoms with Crippen LogP contribution in [-0.2, 0) is 28.6 Å². The van der Waals surface area contributed by atoms with Crippen molar-refractivity contribution >= 4 is 23.7 Å². The number of benzene rings is 1. The van der Waals surface area contributed by atoms with Gasteiger partial charge in [-0.15, -0.1) is 0 Å². The third-order valence-electron chi connectivity index (χ3n) is 5.06. The summed E-state index contributed by atoms with van der Waals surface area (Å²) in [5.74, 6) is -5.97. The van der Waals surface area contributed by atoms with Gasteiger partial charge in [0.2, 0.25) is 0 Å². The van der Waals surface area contributed by atoms with Gasteiger partial charge in [-0.3, -0.25) is 14.4 Å². The van der Waals surface area contributed by atoms with Crippen LogP contribution < -0.4 is 0 Å². The van der Waals surface area contributed by atoms with Gasteiger partial charge in [0.05, 0.1) is 37.4 Å². The molecular weight excluding hydrogens is 380 g/mol. The lowest BCUT2D eigenvalue weighted by Crippen LogP contribution is -2.55. The molecule has 0 unspecified atom stereocenters. The van der Waals surface area contributed by atoms with Gasteiger partial charge in [-0.1, -0.05) is 12.1 Å². The number of hydrogen-bond donors (Lipinski definition) is 1. The molecule has 0 spiro atoms. The van der Waals surface area contributed by atoms with Crippen molar-refractivity contribution in [1.82, 2.24) is 0 Å². The first-order chi connectivity index (χ1) is 13.7. The Balaban J connectivity index is 2.59. The Morgan fingerprint density at radius 3 is 2.14 bits per heavy atom. The lowest BCUT2D eigenvalue weighted by atomic mass is 9.61. The minimum Gasteiger partial charge on any atom is -0.466 e. The Labute approximate surface area is 169 Å². The van der Waals surface area contributed by atoms with Crippen molar-refractivity contribution in [3.63, 3.8) is 0 Å². The van der Waals surface area contributed by atoms with Gasteiger partial charge in [0, 0.05) is 12.3 Å². The highest BCUT2D eigenvalue weighted by atomic mass is 16.5. The Morgan fingerprint density at radius 1 is 1.07 bits per heavy atom. The van der Waals surface area contributed by atoms with Crippen LogP contribution in [0, 0.1) is 11.8 Å². The molecule has 0 bridgehead atoms. The maximum atomic E-state index is 12.8. The van der Waals surface area contributed by atoms with Crippen LogP contribution in [0.5, 0.6) is 0 Å². The molecule has 4 atom stereocenters. The fraction of sp³-hybridized carbons (Fsp3) is 0.524. The van der Waals surface area contributed by atoms with Crippen LogP contribution in [-0.4, -0.2) is 54.7 Å². The van der Waals surface area contributed by atoms with Crippen LogP contribution in [0.25, 0.3) is 0 Å². The highest BCUT2D eigenvalue weighted by Crippen LogP contribution is 2.46. The summed E-state index contributed by atoms with van der Waals surface area (Å²) < 4.78 is 14.9. The van der Waals surface area contributed by atoms with Crippen LogP contribution >= 0.6 is 0 Å². The van der Waals surface area contributed by atoms with Gasteiger partial charge < -0.3 is 19.3 Å². The first-order valence-corrected chi connectivity index (χ1v) is 9.44. The van der Waals surface area contributed by atoms with E-state index >= 15 is 0 Å². The average molecular weight is 406 g/mol. The molecule has 0 aromatic heterocycles. The SMILES string of the molecule is CCOC(=O)[C@H]1C(=O)C[C@](C)(O)[C@@H](C(=O)OCC)[C@H]1c1ccc(C(=O)OC)cc1. The van der Waals surface area contributed by atoms with E-state index in [1.807, 2.05) is 0 Å². The second kappa shape index (κ2) is 9.17. The largest absolute Gasteiger partial charge is 0.466 e. The van der Waals surface area contributed by atoms with Gasteiger partial charge >= 0.3 is 17.9 Å². The monoisotopic (exact) mass is 406 g/mol. The fourth-order valence-electron chi connectivity index (χ4n) is 3.84. The predicted molar refractivity (Wildman–Crippen MR) is 101 cm³/mol. The minimum absolute atomic E-state index is 0.0665. The quantitative estimate of drug-likeness (QED) is 0.431. The van der Waals surface area contributed by atoms with Gasteiger partial charge in [-0.05, 0) is 38.5 Å². The van der Waals surface area contributed by atoms with Gasteiger partial charge in [-0.2, -0.15) is 0 Å². The molecule has 8 heteroatoms. The van der Waals surface area contributed by atoms with E-state index < -0.39 is 47.0 Å². The molecule has 0 amide bonds. The van der Waals surface area contributed by atoms with Crippen molar-refractivity contribution in [1.29, 1.82) is 0 Å². The number of methoxy groups -OCH3 is 1. The smallest absolute Gasteiger partial charge is 0.337 e.